The molecule has 7 heteroatoms. The van der Waals surface area contributed by atoms with Gasteiger partial charge < -0.3 is 14.6 Å². The summed E-state index contributed by atoms with van der Waals surface area (Å²) in [6.07, 6.45) is 0. The second-order valence-electron chi connectivity index (χ2n) is 7.19. The maximum Gasteiger partial charge on any atom is 0.494 e. The Morgan fingerprint density at radius 3 is 2.61 bits per heavy atom. The topological polar surface area (TPSA) is 65.4 Å². The van der Waals surface area contributed by atoms with Crippen LogP contribution in [0.2, 0.25) is 0 Å². The summed E-state index contributed by atoms with van der Waals surface area (Å²) in [5.74, 6) is -0.0789. The number of hydrogen-bond donors (Lipinski definition) is 1. The number of hydrogen-bond acceptors (Lipinski definition) is 4. The monoisotopic (exact) mass is 313 g/mol. The zero-order valence-electron chi connectivity index (χ0n) is 13.8. The lowest BCUT2D eigenvalue weighted by molar-refractivity contribution is 0.00578. The van der Waals surface area contributed by atoms with Crippen molar-refractivity contribution in [2.75, 3.05) is 6.54 Å². The normalized spacial score (nSPS) is 22.3. The minimum atomic E-state index is -0.438. The third kappa shape index (κ3) is 2.10. The molecule has 0 aliphatic carbocycles. The molecule has 0 spiro atoms. The molecule has 1 aromatic heterocycles. The fourth-order valence-corrected chi connectivity index (χ4v) is 3.04. The van der Waals surface area contributed by atoms with Gasteiger partial charge in [-0.1, -0.05) is 12.1 Å². The van der Waals surface area contributed by atoms with Crippen LogP contribution in [0.5, 0.6) is 0 Å². The first-order valence-corrected chi connectivity index (χ1v) is 7.93. The summed E-state index contributed by atoms with van der Waals surface area (Å²) in [5, 5.41) is 8.21. The van der Waals surface area contributed by atoms with Crippen LogP contribution in [-0.2, 0) is 15.9 Å². The number of carbonyl (C=O) groups excluding carboxylic acids is 1. The standard InChI is InChI=1S/C16H20BN3O3/c1-15(2)16(3,4)23-17(22-15)10-5-6-12-11(9-10)13-14(21)18-7-8-20(13)19-12/h5-6,9H,7-8H2,1-4H3,(H,18,21). The van der Waals surface area contributed by atoms with Gasteiger partial charge in [0.2, 0.25) is 0 Å². The van der Waals surface area contributed by atoms with E-state index in [4.69, 9.17) is 9.31 Å². The number of aromatic nitrogens is 2. The fraction of sp³-hybridized carbons (Fsp3) is 0.500. The summed E-state index contributed by atoms with van der Waals surface area (Å²) < 4.78 is 14.0. The van der Waals surface area contributed by atoms with Crippen molar-refractivity contribution >= 4 is 29.4 Å². The quantitative estimate of drug-likeness (QED) is 0.800. The smallest absolute Gasteiger partial charge is 0.399 e. The maximum atomic E-state index is 12.2. The number of rotatable bonds is 1. The molecule has 2 aliphatic rings. The van der Waals surface area contributed by atoms with Gasteiger partial charge in [0.1, 0.15) is 5.69 Å². The van der Waals surface area contributed by atoms with Gasteiger partial charge in [0.05, 0.1) is 23.3 Å². The molecule has 1 fully saturated rings. The van der Waals surface area contributed by atoms with Crippen LogP contribution in [0.3, 0.4) is 0 Å². The van der Waals surface area contributed by atoms with E-state index in [1.54, 1.807) is 4.68 Å². The average molecular weight is 313 g/mol. The molecule has 23 heavy (non-hydrogen) atoms. The van der Waals surface area contributed by atoms with Crippen molar-refractivity contribution in [2.24, 2.45) is 0 Å². The van der Waals surface area contributed by atoms with Crippen LogP contribution in [0.25, 0.3) is 10.9 Å². The molecule has 0 atom stereocenters. The predicted octanol–water partition coefficient (Wildman–Crippen LogP) is 1.08. The van der Waals surface area contributed by atoms with Crippen molar-refractivity contribution < 1.29 is 14.1 Å². The second kappa shape index (κ2) is 4.58. The van der Waals surface area contributed by atoms with Crippen LogP contribution in [0.15, 0.2) is 18.2 Å². The molecule has 1 amide bonds. The number of amides is 1. The Hall–Kier alpha value is -1.86. The lowest BCUT2D eigenvalue weighted by Crippen LogP contribution is -2.41. The molecular weight excluding hydrogens is 293 g/mol. The molecule has 6 nitrogen and oxygen atoms in total. The molecular formula is C16H20BN3O3. The summed E-state index contributed by atoms with van der Waals surface area (Å²) in [6.45, 7) is 9.43. The first-order valence-electron chi connectivity index (χ1n) is 7.93. The predicted molar refractivity (Wildman–Crippen MR) is 87.8 cm³/mol. The summed E-state index contributed by atoms with van der Waals surface area (Å²) >= 11 is 0. The van der Waals surface area contributed by atoms with Gasteiger partial charge >= 0.3 is 7.12 Å². The molecule has 2 aromatic rings. The Bertz CT molecular complexity index is 796. The number of nitrogens with one attached hydrogen (secondary N) is 1. The average Bonchev–Trinajstić information content (AvgIpc) is 2.93. The summed E-state index contributed by atoms with van der Waals surface area (Å²) in [7, 11) is -0.438. The van der Waals surface area contributed by atoms with Crippen molar-refractivity contribution in [3.63, 3.8) is 0 Å². The van der Waals surface area contributed by atoms with E-state index < -0.39 is 7.12 Å². The maximum absolute atomic E-state index is 12.2. The van der Waals surface area contributed by atoms with Gasteiger partial charge in [-0.15, -0.1) is 0 Å². The van der Waals surface area contributed by atoms with Crippen LogP contribution in [0.4, 0.5) is 0 Å². The Morgan fingerprint density at radius 2 is 1.91 bits per heavy atom. The van der Waals surface area contributed by atoms with Crippen molar-refractivity contribution in [1.82, 2.24) is 15.1 Å². The largest absolute Gasteiger partial charge is 0.494 e. The van der Waals surface area contributed by atoms with Gasteiger partial charge in [0, 0.05) is 11.9 Å². The fourth-order valence-electron chi connectivity index (χ4n) is 3.04. The zero-order chi connectivity index (χ0) is 16.4. The van der Waals surface area contributed by atoms with Gasteiger partial charge in [0.25, 0.3) is 5.91 Å². The molecule has 0 saturated carbocycles. The van der Waals surface area contributed by atoms with Crippen LogP contribution < -0.4 is 10.8 Å². The van der Waals surface area contributed by atoms with Crippen molar-refractivity contribution in [3.05, 3.63) is 23.9 Å². The molecule has 3 heterocycles. The van der Waals surface area contributed by atoms with Crippen LogP contribution in [-0.4, -0.2) is 40.6 Å². The second-order valence-corrected chi connectivity index (χ2v) is 7.19. The number of benzene rings is 1. The Balaban J connectivity index is 1.78. The van der Waals surface area contributed by atoms with Crippen molar-refractivity contribution in [3.8, 4) is 0 Å². The van der Waals surface area contributed by atoms with Crippen molar-refractivity contribution in [2.45, 2.75) is 45.4 Å². The van der Waals surface area contributed by atoms with Crippen LogP contribution in [0.1, 0.15) is 38.2 Å². The van der Waals surface area contributed by atoms with E-state index in [1.807, 2.05) is 45.9 Å². The highest BCUT2D eigenvalue weighted by molar-refractivity contribution is 6.62. The third-order valence-corrected chi connectivity index (χ3v) is 5.11. The lowest BCUT2D eigenvalue weighted by Gasteiger charge is -2.32. The van der Waals surface area contributed by atoms with Gasteiger partial charge in [-0.3, -0.25) is 9.48 Å². The minimum Gasteiger partial charge on any atom is -0.399 e. The number of fused-ring (bicyclic) bond motifs is 3. The zero-order valence-corrected chi connectivity index (χ0v) is 13.8. The molecule has 2 aliphatic heterocycles. The Labute approximate surface area is 135 Å². The van der Waals surface area contributed by atoms with Gasteiger partial charge in [-0.2, -0.15) is 5.10 Å². The van der Waals surface area contributed by atoms with E-state index in [0.29, 0.717) is 18.8 Å². The molecule has 120 valence electrons. The highest BCUT2D eigenvalue weighted by Gasteiger charge is 2.51. The van der Waals surface area contributed by atoms with E-state index in [9.17, 15) is 4.79 Å². The number of carbonyl (C=O) groups is 1. The molecule has 0 bridgehead atoms. The highest BCUT2D eigenvalue weighted by atomic mass is 16.7. The molecule has 1 N–H and O–H groups in total. The van der Waals surface area contributed by atoms with E-state index >= 15 is 0 Å². The highest BCUT2D eigenvalue weighted by Crippen LogP contribution is 2.36. The molecule has 0 radical (unpaired) electrons. The molecule has 0 unspecified atom stereocenters. The third-order valence-electron chi connectivity index (χ3n) is 5.11. The first-order chi connectivity index (χ1) is 10.8. The Morgan fingerprint density at radius 1 is 1.22 bits per heavy atom. The summed E-state index contributed by atoms with van der Waals surface area (Å²) in [6, 6.07) is 5.84. The van der Waals surface area contributed by atoms with E-state index in [1.165, 1.54) is 0 Å². The van der Waals surface area contributed by atoms with Gasteiger partial charge in [-0.05, 0) is 39.2 Å². The van der Waals surface area contributed by atoms with Gasteiger partial charge in [-0.25, -0.2) is 0 Å². The Kier molecular flexibility index (Phi) is 2.93. The van der Waals surface area contributed by atoms with Crippen LogP contribution >= 0.6 is 0 Å². The van der Waals surface area contributed by atoms with Crippen molar-refractivity contribution in [1.29, 1.82) is 0 Å². The lowest BCUT2D eigenvalue weighted by atomic mass is 9.78. The summed E-state index contributed by atoms with van der Waals surface area (Å²) in [4.78, 5) is 12.2. The summed E-state index contributed by atoms with van der Waals surface area (Å²) in [5.41, 5.74) is 1.57. The van der Waals surface area contributed by atoms with E-state index in [-0.39, 0.29) is 17.1 Å². The number of nitrogens with zero attached hydrogens (tertiary/aromatic N) is 2. The molecule has 1 aromatic carbocycles. The molecule has 1 saturated heterocycles. The van der Waals surface area contributed by atoms with E-state index in [2.05, 4.69) is 10.4 Å². The minimum absolute atomic E-state index is 0.0789. The molecule has 4 rings (SSSR count). The first kappa shape index (κ1) is 14.7. The van der Waals surface area contributed by atoms with Gasteiger partial charge in [0.15, 0.2) is 0 Å². The van der Waals surface area contributed by atoms with E-state index in [0.717, 1.165) is 16.4 Å². The SMILES string of the molecule is CC1(C)OB(c2ccc3nn4c(c3c2)C(=O)NCC4)OC1(C)C. The van der Waals surface area contributed by atoms with Crippen LogP contribution in [0, 0.1) is 0 Å².